The van der Waals surface area contributed by atoms with Gasteiger partial charge in [0.2, 0.25) is 11.6 Å². The Labute approximate surface area is 156 Å². The number of benzene rings is 1. The van der Waals surface area contributed by atoms with Crippen LogP contribution in [0.2, 0.25) is 0 Å². The van der Waals surface area contributed by atoms with Gasteiger partial charge in [0.25, 0.3) is 5.56 Å². The number of hydrogen-bond acceptors (Lipinski definition) is 5. The fraction of sp³-hybridized carbons (Fsp3) is 0.300. The van der Waals surface area contributed by atoms with Gasteiger partial charge in [0.15, 0.2) is 5.78 Å². The molecule has 1 unspecified atom stereocenters. The normalized spacial score (nSPS) is 12.1. The summed E-state index contributed by atoms with van der Waals surface area (Å²) in [7, 11) is 0. The Morgan fingerprint density at radius 2 is 2.04 bits per heavy atom. The largest absolute Gasteiger partial charge is 0.443 e. The minimum Gasteiger partial charge on any atom is -0.443 e. The summed E-state index contributed by atoms with van der Waals surface area (Å²) in [4.78, 5) is 41.4. The quantitative estimate of drug-likeness (QED) is 0.698. The van der Waals surface area contributed by atoms with Crippen molar-refractivity contribution in [3.8, 4) is 0 Å². The number of rotatable bonds is 5. The van der Waals surface area contributed by atoms with Crippen molar-refractivity contribution in [1.29, 1.82) is 0 Å². The van der Waals surface area contributed by atoms with Crippen molar-refractivity contribution in [3.63, 3.8) is 0 Å². The number of carbonyl (C=O) groups is 2. The SMILES string of the molecule is CCC(C(=O)Nc1cccc(C(C)=O)c1)n1cnc2oc(C)c(C)c2c1=O. The molecule has 1 atom stereocenters. The van der Waals surface area contributed by atoms with Crippen LogP contribution in [-0.4, -0.2) is 21.2 Å². The second-order valence-electron chi connectivity index (χ2n) is 6.47. The molecule has 0 bridgehead atoms. The third-order valence-corrected chi connectivity index (χ3v) is 4.68. The summed E-state index contributed by atoms with van der Waals surface area (Å²) in [5.74, 6) is 0.194. The molecule has 1 aromatic carbocycles. The number of nitrogens with zero attached hydrogens (tertiary/aromatic N) is 2. The lowest BCUT2D eigenvalue weighted by Crippen LogP contribution is -2.33. The summed E-state index contributed by atoms with van der Waals surface area (Å²) in [5, 5.41) is 3.17. The maximum Gasteiger partial charge on any atom is 0.265 e. The highest BCUT2D eigenvalue weighted by molar-refractivity contribution is 5.98. The lowest BCUT2D eigenvalue weighted by molar-refractivity contribution is -0.119. The first-order chi connectivity index (χ1) is 12.8. The molecule has 0 saturated heterocycles. The highest BCUT2D eigenvalue weighted by Gasteiger charge is 2.23. The summed E-state index contributed by atoms with van der Waals surface area (Å²) in [5.41, 5.74) is 1.69. The molecule has 7 heteroatoms. The molecule has 0 aliphatic carbocycles. The van der Waals surface area contributed by atoms with E-state index >= 15 is 0 Å². The first-order valence-corrected chi connectivity index (χ1v) is 8.72. The average molecular weight is 367 g/mol. The Balaban J connectivity index is 1.96. The second-order valence-corrected chi connectivity index (χ2v) is 6.47. The van der Waals surface area contributed by atoms with Crippen molar-refractivity contribution in [3.05, 3.63) is 57.8 Å². The van der Waals surface area contributed by atoms with E-state index in [-0.39, 0.29) is 23.0 Å². The number of fused-ring (bicyclic) bond motifs is 1. The third-order valence-electron chi connectivity index (χ3n) is 4.68. The van der Waals surface area contributed by atoms with Crippen LogP contribution in [0.4, 0.5) is 5.69 Å². The van der Waals surface area contributed by atoms with Gasteiger partial charge < -0.3 is 9.73 Å². The molecule has 0 spiro atoms. The maximum atomic E-state index is 12.9. The number of aromatic nitrogens is 2. The number of hydrogen-bond donors (Lipinski definition) is 1. The summed E-state index contributed by atoms with van der Waals surface area (Å²) in [6.07, 6.45) is 1.74. The van der Waals surface area contributed by atoms with E-state index in [9.17, 15) is 14.4 Å². The van der Waals surface area contributed by atoms with E-state index in [4.69, 9.17) is 4.42 Å². The monoisotopic (exact) mass is 367 g/mol. The van der Waals surface area contributed by atoms with Gasteiger partial charge in [0.1, 0.15) is 23.5 Å². The van der Waals surface area contributed by atoms with Crippen LogP contribution in [0.25, 0.3) is 11.1 Å². The van der Waals surface area contributed by atoms with E-state index in [0.29, 0.717) is 28.8 Å². The van der Waals surface area contributed by atoms with Crippen molar-refractivity contribution in [2.24, 2.45) is 0 Å². The third kappa shape index (κ3) is 3.40. The number of Topliss-reactive ketones (excluding diaryl/α,β-unsaturated/α-hetero) is 1. The molecular weight excluding hydrogens is 346 g/mol. The van der Waals surface area contributed by atoms with Gasteiger partial charge >= 0.3 is 0 Å². The zero-order valence-corrected chi connectivity index (χ0v) is 15.7. The summed E-state index contributed by atoms with van der Waals surface area (Å²) in [6, 6.07) is 5.96. The number of amides is 1. The molecule has 3 rings (SSSR count). The molecule has 140 valence electrons. The predicted molar refractivity (Wildman–Crippen MR) is 102 cm³/mol. The van der Waals surface area contributed by atoms with E-state index in [1.165, 1.54) is 17.8 Å². The highest BCUT2D eigenvalue weighted by atomic mass is 16.3. The number of nitrogens with one attached hydrogen (secondary N) is 1. The Bertz CT molecular complexity index is 1090. The van der Waals surface area contributed by atoms with E-state index in [1.54, 1.807) is 38.1 Å². The number of furan rings is 1. The van der Waals surface area contributed by atoms with Crippen molar-refractivity contribution < 1.29 is 14.0 Å². The molecule has 0 radical (unpaired) electrons. The molecule has 0 aliphatic rings. The van der Waals surface area contributed by atoms with E-state index < -0.39 is 6.04 Å². The van der Waals surface area contributed by atoms with Crippen LogP contribution in [0.15, 0.2) is 39.8 Å². The first kappa shape index (κ1) is 18.6. The Hall–Kier alpha value is -3.22. The zero-order valence-electron chi connectivity index (χ0n) is 15.7. The molecule has 27 heavy (non-hydrogen) atoms. The molecule has 7 nitrogen and oxygen atoms in total. The topological polar surface area (TPSA) is 94.2 Å². The van der Waals surface area contributed by atoms with Gasteiger partial charge in [-0.15, -0.1) is 0 Å². The molecule has 0 fully saturated rings. The molecule has 0 saturated carbocycles. The first-order valence-electron chi connectivity index (χ1n) is 8.72. The molecular formula is C20H21N3O4. The minimum absolute atomic E-state index is 0.0881. The van der Waals surface area contributed by atoms with Crippen LogP contribution in [0.3, 0.4) is 0 Å². The van der Waals surface area contributed by atoms with E-state index in [2.05, 4.69) is 10.3 Å². The summed E-state index contributed by atoms with van der Waals surface area (Å²) >= 11 is 0. The Kier molecular flexibility index (Phi) is 4.94. The van der Waals surface area contributed by atoms with E-state index in [0.717, 1.165) is 5.56 Å². The van der Waals surface area contributed by atoms with Gasteiger partial charge in [-0.2, -0.15) is 0 Å². The molecule has 2 heterocycles. The van der Waals surface area contributed by atoms with E-state index in [1.807, 2.05) is 6.92 Å². The maximum absolute atomic E-state index is 12.9. The molecule has 2 aromatic heterocycles. The van der Waals surface area contributed by atoms with Crippen LogP contribution in [0.5, 0.6) is 0 Å². The van der Waals surface area contributed by atoms with Crippen molar-refractivity contribution in [2.75, 3.05) is 5.32 Å². The number of anilines is 1. The lowest BCUT2D eigenvalue weighted by atomic mass is 10.1. The fourth-order valence-electron chi connectivity index (χ4n) is 3.02. The van der Waals surface area contributed by atoms with Gasteiger partial charge in [-0.05, 0) is 39.3 Å². The standard InChI is InChI=1S/C20H21N3O4/c1-5-16(18(25)22-15-8-6-7-14(9-15)12(3)24)23-10-21-19-17(20(23)26)11(2)13(4)27-19/h6-10,16H,5H2,1-4H3,(H,22,25). The Morgan fingerprint density at radius 1 is 1.30 bits per heavy atom. The number of carbonyl (C=O) groups excluding carboxylic acids is 2. The van der Waals surface area contributed by atoms with Crippen molar-refractivity contribution in [2.45, 2.75) is 40.2 Å². The Morgan fingerprint density at radius 3 is 2.70 bits per heavy atom. The highest BCUT2D eigenvalue weighted by Crippen LogP contribution is 2.21. The van der Waals surface area contributed by atoms with Gasteiger partial charge in [-0.3, -0.25) is 19.0 Å². The van der Waals surface area contributed by atoms with Gasteiger partial charge in [-0.25, -0.2) is 4.98 Å². The molecule has 0 aliphatic heterocycles. The molecule has 1 N–H and O–H groups in total. The van der Waals surface area contributed by atoms with Gasteiger partial charge in [0.05, 0.1) is 0 Å². The van der Waals surface area contributed by atoms with Crippen LogP contribution >= 0.6 is 0 Å². The van der Waals surface area contributed by atoms with Crippen LogP contribution < -0.4 is 10.9 Å². The smallest absolute Gasteiger partial charge is 0.265 e. The molecule has 3 aromatic rings. The summed E-state index contributed by atoms with van der Waals surface area (Å²) in [6.45, 7) is 6.85. The average Bonchev–Trinajstić information content (AvgIpc) is 2.92. The summed E-state index contributed by atoms with van der Waals surface area (Å²) < 4.78 is 6.81. The number of aryl methyl sites for hydroxylation is 2. The second kappa shape index (κ2) is 7.19. The van der Waals surface area contributed by atoms with Crippen molar-refractivity contribution >= 4 is 28.5 Å². The van der Waals surface area contributed by atoms with Crippen LogP contribution in [0, 0.1) is 13.8 Å². The number of ketones is 1. The van der Waals surface area contributed by atoms with Crippen LogP contribution in [0.1, 0.15) is 48.0 Å². The van der Waals surface area contributed by atoms with Crippen molar-refractivity contribution in [1.82, 2.24) is 9.55 Å². The lowest BCUT2D eigenvalue weighted by Gasteiger charge is -2.17. The van der Waals surface area contributed by atoms with Crippen LogP contribution in [-0.2, 0) is 4.79 Å². The molecule has 1 amide bonds. The van der Waals surface area contributed by atoms with Gasteiger partial charge in [0, 0.05) is 16.8 Å². The van der Waals surface area contributed by atoms with Gasteiger partial charge in [-0.1, -0.05) is 19.1 Å². The fourth-order valence-corrected chi connectivity index (χ4v) is 3.02. The minimum atomic E-state index is -0.731. The predicted octanol–water partition coefficient (Wildman–Crippen LogP) is 3.40. The zero-order chi connectivity index (χ0) is 19.7.